The standard InChI is InChI=1S/C48H32/c1-3-14-33(15-4-1)36-18-13-19-38(30-36)47-43-22-9-11-24-45(43)48(46-25-12-10-23-44(46)47)39-29-27-34-26-28-37(31-40(34)32-39)42-21-8-7-20-41(42)35-16-5-2-6-17-35/h1-32H. The summed E-state index contributed by atoms with van der Waals surface area (Å²) in [6.45, 7) is 0. The van der Waals surface area contributed by atoms with Crippen molar-refractivity contribution in [1.29, 1.82) is 0 Å². The molecule has 0 nitrogen and oxygen atoms in total. The van der Waals surface area contributed by atoms with Gasteiger partial charge in [-0.2, -0.15) is 0 Å². The number of hydrogen-bond donors (Lipinski definition) is 0. The molecule has 9 rings (SSSR count). The summed E-state index contributed by atoms with van der Waals surface area (Å²) in [5, 5.41) is 7.54. The van der Waals surface area contributed by atoms with Crippen LogP contribution in [0.1, 0.15) is 0 Å². The minimum atomic E-state index is 1.22. The maximum atomic E-state index is 2.38. The molecule has 9 aromatic rings. The van der Waals surface area contributed by atoms with Gasteiger partial charge in [0, 0.05) is 0 Å². The van der Waals surface area contributed by atoms with Gasteiger partial charge in [0.05, 0.1) is 0 Å². The van der Waals surface area contributed by atoms with Crippen LogP contribution < -0.4 is 0 Å². The van der Waals surface area contributed by atoms with E-state index in [1.54, 1.807) is 0 Å². The molecule has 0 saturated heterocycles. The lowest BCUT2D eigenvalue weighted by atomic mass is 9.85. The lowest BCUT2D eigenvalue weighted by molar-refractivity contribution is 1.59. The molecule has 0 spiro atoms. The highest BCUT2D eigenvalue weighted by Crippen LogP contribution is 2.45. The second-order valence-electron chi connectivity index (χ2n) is 12.5. The van der Waals surface area contributed by atoms with E-state index in [1.165, 1.54) is 88.0 Å². The topological polar surface area (TPSA) is 0 Å². The summed E-state index contributed by atoms with van der Waals surface area (Å²) < 4.78 is 0. The second kappa shape index (κ2) is 11.8. The maximum Gasteiger partial charge on any atom is -0.00262 e. The van der Waals surface area contributed by atoms with Gasteiger partial charge in [-0.25, -0.2) is 0 Å². The Labute approximate surface area is 281 Å². The number of fused-ring (bicyclic) bond motifs is 3. The number of hydrogen-bond acceptors (Lipinski definition) is 0. The number of benzene rings is 9. The lowest BCUT2D eigenvalue weighted by Crippen LogP contribution is -1.91. The van der Waals surface area contributed by atoms with E-state index in [0.717, 1.165) is 0 Å². The van der Waals surface area contributed by atoms with E-state index in [4.69, 9.17) is 0 Å². The summed E-state index contributed by atoms with van der Waals surface area (Å²) in [7, 11) is 0. The van der Waals surface area contributed by atoms with E-state index >= 15 is 0 Å². The molecule has 0 aliphatic rings. The lowest BCUT2D eigenvalue weighted by Gasteiger charge is -2.18. The van der Waals surface area contributed by atoms with Crippen LogP contribution in [0.2, 0.25) is 0 Å². The minimum Gasteiger partial charge on any atom is -0.0622 e. The van der Waals surface area contributed by atoms with Crippen molar-refractivity contribution in [1.82, 2.24) is 0 Å². The monoisotopic (exact) mass is 608 g/mol. The first-order valence-electron chi connectivity index (χ1n) is 16.6. The van der Waals surface area contributed by atoms with Gasteiger partial charge in [0.2, 0.25) is 0 Å². The Morgan fingerprint density at radius 1 is 0.208 bits per heavy atom. The highest BCUT2D eigenvalue weighted by Gasteiger charge is 2.17. The Morgan fingerprint density at radius 3 is 1.23 bits per heavy atom. The van der Waals surface area contributed by atoms with Crippen LogP contribution in [0.25, 0.3) is 88.0 Å². The normalized spacial score (nSPS) is 11.3. The highest BCUT2D eigenvalue weighted by molar-refractivity contribution is 6.21. The highest BCUT2D eigenvalue weighted by atomic mass is 14.2. The first-order chi connectivity index (χ1) is 23.8. The van der Waals surface area contributed by atoms with Crippen LogP contribution in [0.5, 0.6) is 0 Å². The van der Waals surface area contributed by atoms with E-state index in [1.807, 2.05) is 0 Å². The van der Waals surface area contributed by atoms with Crippen molar-refractivity contribution in [2.45, 2.75) is 0 Å². The third kappa shape index (κ3) is 4.87. The molecule has 0 amide bonds. The predicted molar refractivity (Wildman–Crippen MR) is 206 cm³/mol. The van der Waals surface area contributed by atoms with Gasteiger partial charge in [-0.15, -0.1) is 0 Å². The summed E-state index contributed by atoms with van der Waals surface area (Å²) in [6, 6.07) is 70.7. The van der Waals surface area contributed by atoms with Crippen LogP contribution in [0, 0.1) is 0 Å². The molecule has 0 aromatic heterocycles. The van der Waals surface area contributed by atoms with Crippen LogP contribution in [0.4, 0.5) is 0 Å². The molecule has 0 aliphatic carbocycles. The summed E-state index contributed by atoms with van der Waals surface area (Å²) in [5.74, 6) is 0. The fraction of sp³-hybridized carbons (Fsp3) is 0. The predicted octanol–water partition coefficient (Wildman–Crippen LogP) is 13.5. The Balaban J connectivity index is 1.24. The average Bonchev–Trinajstić information content (AvgIpc) is 3.17. The van der Waals surface area contributed by atoms with Gasteiger partial charge < -0.3 is 0 Å². The van der Waals surface area contributed by atoms with E-state index in [9.17, 15) is 0 Å². The van der Waals surface area contributed by atoms with Crippen LogP contribution in [-0.2, 0) is 0 Å². The maximum absolute atomic E-state index is 2.38. The van der Waals surface area contributed by atoms with Crippen LogP contribution in [-0.4, -0.2) is 0 Å². The van der Waals surface area contributed by atoms with E-state index in [-0.39, 0.29) is 0 Å². The average molecular weight is 609 g/mol. The fourth-order valence-corrected chi connectivity index (χ4v) is 7.41. The van der Waals surface area contributed by atoms with Gasteiger partial charge in [0.1, 0.15) is 0 Å². The molecule has 48 heavy (non-hydrogen) atoms. The van der Waals surface area contributed by atoms with Gasteiger partial charge in [0.15, 0.2) is 0 Å². The first-order valence-corrected chi connectivity index (χ1v) is 16.6. The van der Waals surface area contributed by atoms with Crippen LogP contribution in [0.15, 0.2) is 194 Å². The van der Waals surface area contributed by atoms with Gasteiger partial charge in [-0.1, -0.05) is 176 Å². The Bertz CT molecular complexity index is 2540. The molecule has 0 saturated carbocycles. The zero-order valence-corrected chi connectivity index (χ0v) is 26.5. The van der Waals surface area contributed by atoms with Crippen molar-refractivity contribution in [2.24, 2.45) is 0 Å². The zero-order valence-electron chi connectivity index (χ0n) is 26.5. The summed E-state index contributed by atoms with van der Waals surface area (Å²) in [6.07, 6.45) is 0. The Kier molecular flexibility index (Phi) is 6.91. The SMILES string of the molecule is c1ccc(-c2cccc(-c3c4ccccc4c(-c4ccc5ccc(-c6ccccc6-c6ccccc6)cc5c4)c4ccccc34)c2)cc1. The third-order valence-corrected chi connectivity index (χ3v) is 9.64. The molecule has 0 aliphatic heterocycles. The van der Waals surface area contributed by atoms with E-state index in [2.05, 4.69) is 194 Å². The number of rotatable bonds is 5. The van der Waals surface area contributed by atoms with Gasteiger partial charge >= 0.3 is 0 Å². The van der Waals surface area contributed by atoms with E-state index in [0.29, 0.717) is 0 Å². The molecule has 0 heteroatoms. The van der Waals surface area contributed by atoms with Crippen molar-refractivity contribution in [3.05, 3.63) is 194 Å². The summed E-state index contributed by atoms with van der Waals surface area (Å²) >= 11 is 0. The zero-order chi connectivity index (χ0) is 31.9. The van der Waals surface area contributed by atoms with E-state index < -0.39 is 0 Å². The van der Waals surface area contributed by atoms with Gasteiger partial charge in [-0.3, -0.25) is 0 Å². The molecule has 0 fully saturated rings. The van der Waals surface area contributed by atoms with Crippen molar-refractivity contribution < 1.29 is 0 Å². The van der Waals surface area contributed by atoms with Crippen molar-refractivity contribution in [3.63, 3.8) is 0 Å². The molecule has 0 heterocycles. The first kappa shape index (κ1) is 28.0. The van der Waals surface area contributed by atoms with Crippen molar-refractivity contribution in [2.75, 3.05) is 0 Å². The molecule has 0 N–H and O–H groups in total. The molecular weight excluding hydrogens is 577 g/mol. The van der Waals surface area contributed by atoms with Gasteiger partial charge in [-0.05, 0) is 106 Å². The largest absolute Gasteiger partial charge is 0.0622 e. The minimum absolute atomic E-state index is 1.22. The Morgan fingerprint density at radius 2 is 0.625 bits per heavy atom. The van der Waals surface area contributed by atoms with Crippen LogP contribution in [0.3, 0.4) is 0 Å². The van der Waals surface area contributed by atoms with Gasteiger partial charge in [0.25, 0.3) is 0 Å². The summed E-state index contributed by atoms with van der Waals surface area (Å²) in [4.78, 5) is 0. The van der Waals surface area contributed by atoms with Crippen molar-refractivity contribution in [3.8, 4) is 55.6 Å². The molecule has 224 valence electrons. The third-order valence-electron chi connectivity index (χ3n) is 9.64. The molecule has 0 atom stereocenters. The van der Waals surface area contributed by atoms with Crippen molar-refractivity contribution >= 4 is 32.3 Å². The fourth-order valence-electron chi connectivity index (χ4n) is 7.41. The van der Waals surface area contributed by atoms with Crippen LogP contribution >= 0.6 is 0 Å². The molecule has 9 aromatic carbocycles. The smallest absolute Gasteiger partial charge is 0.00262 e. The summed E-state index contributed by atoms with van der Waals surface area (Å²) in [5.41, 5.74) is 12.4. The molecule has 0 unspecified atom stereocenters. The molecule has 0 radical (unpaired) electrons. The molecular formula is C48H32. The molecule has 0 bridgehead atoms. The quantitative estimate of drug-likeness (QED) is 0.171. The second-order valence-corrected chi connectivity index (χ2v) is 12.5. The Hall–Kier alpha value is -6.24.